The van der Waals surface area contributed by atoms with Crippen molar-refractivity contribution in [2.75, 3.05) is 0 Å². The van der Waals surface area contributed by atoms with Crippen molar-refractivity contribution in [2.24, 2.45) is 0 Å². The molecule has 122 valence electrons. The molecule has 0 amide bonds. The molecule has 0 heterocycles. The molecule has 3 rings (SSSR count). The number of ether oxygens (including phenoxy) is 1. The second-order valence-corrected chi connectivity index (χ2v) is 7.61. The summed E-state index contributed by atoms with van der Waals surface area (Å²) in [6, 6.07) is 19.3. The number of esters is 1. The van der Waals surface area contributed by atoms with Gasteiger partial charge in [0.05, 0.1) is 10.0 Å². The van der Waals surface area contributed by atoms with Crippen molar-refractivity contribution in [3.05, 3.63) is 76.3 Å². The Morgan fingerprint density at radius 3 is 2.25 bits per heavy atom. The van der Waals surface area contributed by atoms with Crippen molar-refractivity contribution >= 4 is 32.7 Å². The van der Waals surface area contributed by atoms with Crippen LogP contribution in [0.4, 0.5) is 0 Å². The summed E-state index contributed by atoms with van der Waals surface area (Å²) in [4.78, 5) is 12.4. The number of benzene rings is 3. The molecule has 0 aliphatic rings. The maximum Gasteiger partial charge on any atom is 0.343 e. The first-order valence-corrected chi connectivity index (χ1v) is 8.65. The molecule has 2 nitrogen and oxygen atoms in total. The zero-order valence-corrected chi connectivity index (χ0v) is 15.6. The fourth-order valence-corrected chi connectivity index (χ4v) is 3.13. The van der Waals surface area contributed by atoms with Crippen molar-refractivity contribution in [2.45, 2.75) is 26.2 Å². The molecule has 24 heavy (non-hydrogen) atoms. The molecule has 0 aliphatic carbocycles. The van der Waals surface area contributed by atoms with Gasteiger partial charge in [-0.1, -0.05) is 63.2 Å². The van der Waals surface area contributed by atoms with Crippen LogP contribution in [0.25, 0.3) is 10.8 Å². The highest BCUT2D eigenvalue weighted by Crippen LogP contribution is 2.33. The van der Waals surface area contributed by atoms with E-state index in [2.05, 4.69) is 36.7 Å². The van der Waals surface area contributed by atoms with Gasteiger partial charge in [0.25, 0.3) is 0 Å². The molecule has 0 N–H and O–H groups in total. The molecule has 0 saturated heterocycles. The van der Waals surface area contributed by atoms with Crippen LogP contribution in [0.15, 0.2) is 65.1 Å². The molecule has 0 bridgehead atoms. The molecule has 3 heteroatoms. The van der Waals surface area contributed by atoms with Gasteiger partial charge in [-0.2, -0.15) is 0 Å². The molecule has 0 atom stereocenters. The summed E-state index contributed by atoms with van der Waals surface area (Å²) in [7, 11) is 0. The quantitative estimate of drug-likeness (QED) is 0.394. The van der Waals surface area contributed by atoms with E-state index in [1.165, 1.54) is 5.56 Å². The first-order valence-electron chi connectivity index (χ1n) is 7.86. The van der Waals surface area contributed by atoms with Gasteiger partial charge >= 0.3 is 5.97 Å². The zero-order chi connectivity index (χ0) is 17.3. The summed E-state index contributed by atoms with van der Waals surface area (Å²) in [5.41, 5.74) is 1.79. The average molecular weight is 383 g/mol. The third-order valence-electron chi connectivity index (χ3n) is 4.02. The Balaban J connectivity index is 1.86. The van der Waals surface area contributed by atoms with Gasteiger partial charge in [-0.3, -0.25) is 0 Å². The fourth-order valence-electron chi connectivity index (χ4n) is 2.56. The number of fused-ring (bicyclic) bond motifs is 1. The van der Waals surface area contributed by atoms with Gasteiger partial charge in [-0.25, -0.2) is 4.79 Å². The minimum absolute atomic E-state index is 0.0593. The molecule has 0 saturated carbocycles. The van der Waals surface area contributed by atoms with E-state index < -0.39 is 0 Å². The maximum atomic E-state index is 12.4. The van der Waals surface area contributed by atoms with Crippen LogP contribution in [-0.2, 0) is 5.41 Å². The molecule has 0 fully saturated rings. The lowest BCUT2D eigenvalue weighted by Gasteiger charge is -2.19. The van der Waals surface area contributed by atoms with Gasteiger partial charge < -0.3 is 4.74 Å². The number of carbonyl (C=O) groups excluding carboxylic acids is 1. The summed E-state index contributed by atoms with van der Waals surface area (Å²) >= 11 is 3.54. The number of rotatable bonds is 2. The Morgan fingerprint density at radius 2 is 1.58 bits per heavy atom. The van der Waals surface area contributed by atoms with E-state index in [1.54, 1.807) is 0 Å². The van der Waals surface area contributed by atoms with Crippen molar-refractivity contribution in [1.82, 2.24) is 0 Å². The van der Waals surface area contributed by atoms with Crippen molar-refractivity contribution in [1.29, 1.82) is 0 Å². The Labute approximate surface area is 150 Å². The number of halogens is 1. The maximum absolute atomic E-state index is 12.4. The summed E-state index contributed by atoms with van der Waals surface area (Å²) < 4.78 is 6.37. The lowest BCUT2D eigenvalue weighted by molar-refractivity contribution is 0.0734. The number of hydrogen-bond acceptors (Lipinski definition) is 2. The molecular weight excluding hydrogens is 364 g/mol. The van der Waals surface area contributed by atoms with Crippen molar-refractivity contribution in [3.8, 4) is 5.75 Å². The van der Waals surface area contributed by atoms with Crippen LogP contribution in [-0.4, -0.2) is 5.97 Å². The Bertz CT molecular complexity index is 890. The Hall–Kier alpha value is -2.13. The first-order chi connectivity index (χ1) is 11.4. The second-order valence-electron chi connectivity index (χ2n) is 6.82. The largest absolute Gasteiger partial charge is 0.422 e. The molecule has 0 aliphatic heterocycles. The van der Waals surface area contributed by atoms with E-state index in [0.717, 1.165) is 15.2 Å². The van der Waals surface area contributed by atoms with Crippen LogP contribution in [0.1, 0.15) is 36.7 Å². The number of hydrogen-bond donors (Lipinski definition) is 0. The fraction of sp³-hybridized carbons (Fsp3) is 0.190. The predicted molar refractivity (Wildman–Crippen MR) is 102 cm³/mol. The molecule has 0 radical (unpaired) electrons. The molecule has 0 unspecified atom stereocenters. The predicted octanol–water partition coefficient (Wildman–Crippen LogP) is 6.12. The average Bonchev–Trinajstić information content (AvgIpc) is 2.57. The van der Waals surface area contributed by atoms with E-state index in [0.29, 0.717) is 11.3 Å². The molecule has 0 spiro atoms. The summed E-state index contributed by atoms with van der Waals surface area (Å²) in [5.74, 6) is 0.171. The van der Waals surface area contributed by atoms with Gasteiger partial charge in [0.15, 0.2) is 0 Å². The molecule has 3 aromatic carbocycles. The molecule has 3 aromatic rings. The van der Waals surface area contributed by atoms with E-state index in [4.69, 9.17) is 4.74 Å². The monoisotopic (exact) mass is 382 g/mol. The van der Waals surface area contributed by atoms with Crippen LogP contribution >= 0.6 is 15.9 Å². The summed E-state index contributed by atoms with van der Waals surface area (Å²) in [6.07, 6.45) is 0. The molecule has 0 aromatic heterocycles. The highest BCUT2D eigenvalue weighted by atomic mass is 79.9. The lowest BCUT2D eigenvalue weighted by Crippen LogP contribution is -2.13. The highest BCUT2D eigenvalue weighted by Gasteiger charge is 2.16. The molecular formula is C21H19BrO2. The normalized spacial score (nSPS) is 11.5. The standard InChI is InChI=1S/C21H19BrO2/c1-21(2,3)16-11-8-15(9-12-16)20(23)24-18-13-10-14-6-4-5-7-17(14)19(18)22/h4-13H,1-3H3. The SMILES string of the molecule is CC(C)(C)c1ccc(C(=O)Oc2ccc3ccccc3c2Br)cc1. The van der Waals surface area contributed by atoms with Crippen LogP contribution in [0, 0.1) is 0 Å². The van der Waals surface area contributed by atoms with E-state index in [1.807, 2.05) is 60.7 Å². The van der Waals surface area contributed by atoms with Gasteiger partial charge in [0, 0.05) is 0 Å². The second kappa shape index (κ2) is 6.40. The van der Waals surface area contributed by atoms with Crippen molar-refractivity contribution < 1.29 is 9.53 Å². The van der Waals surface area contributed by atoms with Crippen LogP contribution in [0.3, 0.4) is 0 Å². The van der Waals surface area contributed by atoms with Gasteiger partial charge in [-0.05, 0) is 55.9 Å². The van der Waals surface area contributed by atoms with Crippen LogP contribution in [0.2, 0.25) is 0 Å². The lowest BCUT2D eigenvalue weighted by atomic mass is 9.87. The van der Waals surface area contributed by atoms with Crippen molar-refractivity contribution in [3.63, 3.8) is 0 Å². The van der Waals surface area contributed by atoms with Crippen LogP contribution < -0.4 is 4.74 Å². The highest BCUT2D eigenvalue weighted by molar-refractivity contribution is 9.10. The Morgan fingerprint density at radius 1 is 0.917 bits per heavy atom. The third-order valence-corrected chi connectivity index (χ3v) is 4.84. The first kappa shape index (κ1) is 16.7. The van der Waals surface area contributed by atoms with Gasteiger partial charge in [0.1, 0.15) is 5.75 Å². The topological polar surface area (TPSA) is 26.3 Å². The minimum atomic E-state index is -0.355. The third kappa shape index (κ3) is 3.36. The van der Waals surface area contributed by atoms with Gasteiger partial charge in [-0.15, -0.1) is 0 Å². The van der Waals surface area contributed by atoms with Gasteiger partial charge in [0.2, 0.25) is 0 Å². The minimum Gasteiger partial charge on any atom is -0.422 e. The smallest absolute Gasteiger partial charge is 0.343 e. The van der Waals surface area contributed by atoms with E-state index in [9.17, 15) is 4.79 Å². The summed E-state index contributed by atoms with van der Waals surface area (Å²) in [6.45, 7) is 6.44. The van der Waals surface area contributed by atoms with E-state index in [-0.39, 0.29) is 11.4 Å². The Kier molecular flexibility index (Phi) is 4.46. The van der Waals surface area contributed by atoms with Crippen LogP contribution in [0.5, 0.6) is 5.75 Å². The zero-order valence-electron chi connectivity index (χ0n) is 14.0. The van der Waals surface area contributed by atoms with E-state index >= 15 is 0 Å². The summed E-state index contributed by atoms with van der Waals surface area (Å²) in [5, 5.41) is 2.12. The number of carbonyl (C=O) groups is 1.